The Morgan fingerprint density at radius 3 is 2.38 bits per heavy atom. The van der Waals surface area contributed by atoms with Crippen molar-refractivity contribution in [1.82, 2.24) is 4.90 Å². The highest BCUT2D eigenvalue weighted by atomic mass is 16.5. The van der Waals surface area contributed by atoms with Gasteiger partial charge in [0, 0.05) is 12.7 Å². The second-order valence-electron chi connectivity index (χ2n) is 6.35. The maximum Gasteiger partial charge on any atom is 0.257 e. The Kier molecular flexibility index (Phi) is 4.32. The van der Waals surface area contributed by atoms with Crippen LogP contribution in [0.15, 0.2) is 78.9 Å². The van der Waals surface area contributed by atoms with Gasteiger partial charge < -0.3 is 15.0 Å². The van der Waals surface area contributed by atoms with Crippen molar-refractivity contribution in [3.05, 3.63) is 95.6 Å². The van der Waals surface area contributed by atoms with E-state index >= 15 is 0 Å². The van der Waals surface area contributed by atoms with Crippen molar-refractivity contribution in [2.75, 3.05) is 12.4 Å². The molecule has 0 aromatic heterocycles. The average molecular weight is 344 g/mol. The van der Waals surface area contributed by atoms with Crippen molar-refractivity contribution in [3.63, 3.8) is 0 Å². The molecule has 1 N–H and O–H groups in total. The minimum Gasteiger partial charge on any atom is -0.489 e. The number of anilines is 1. The average Bonchev–Trinajstić information content (AvgIpc) is 2.70. The van der Waals surface area contributed by atoms with Crippen LogP contribution in [0.3, 0.4) is 0 Å². The van der Waals surface area contributed by atoms with E-state index in [1.165, 1.54) is 0 Å². The van der Waals surface area contributed by atoms with Gasteiger partial charge in [0.1, 0.15) is 18.5 Å². The van der Waals surface area contributed by atoms with Crippen LogP contribution in [0.25, 0.3) is 0 Å². The number of nitrogens with zero attached hydrogens (tertiary/aromatic N) is 1. The van der Waals surface area contributed by atoms with Crippen molar-refractivity contribution >= 4 is 11.6 Å². The van der Waals surface area contributed by atoms with Crippen molar-refractivity contribution in [2.45, 2.75) is 12.8 Å². The van der Waals surface area contributed by atoms with Crippen LogP contribution >= 0.6 is 0 Å². The Morgan fingerprint density at radius 1 is 0.923 bits per heavy atom. The van der Waals surface area contributed by atoms with Gasteiger partial charge in [-0.15, -0.1) is 0 Å². The molecule has 0 fully saturated rings. The van der Waals surface area contributed by atoms with Gasteiger partial charge in [-0.3, -0.25) is 4.79 Å². The van der Waals surface area contributed by atoms with E-state index in [-0.39, 0.29) is 12.1 Å². The Labute approximate surface area is 153 Å². The zero-order chi connectivity index (χ0) is 17.9. The Balaban J connectivity index is 1.49. The number of hydrogen-bond acceptors (Lipinski definition) is 3. The number of nitrogens with one attached hydrogen (secondary N) is 1. The first kappa shape index (κ1) is 16.2. The minimum absolute atomic E-state index is 0.0220. The molecule has 0 saturated carbocycles. The van der Waals surface area contributed by atoms with Gasteiger partial charge >= 0.3 is 0 Å². The SMILES string of the molecule is CN1C(=O)c2ccccc2NC1c1ccc(OCc2ccccc2)cc1. The number of amides is 1. The van der Waals surface area contributed by atoms with Crippen LogP contribution < -0.4 is 10.1 Å². The minimum atomic E-state index is -0.194. The summed E-state index contributed by atoms with van der Waals surface area (Å²) in [5.41, 5.74) is 3.72. The smallest absolute Gasteiger partial charge is 0.257 e. The summed E-state index contributed by atoms with van der Waals surface area (Å²) in [6, 6.07) is 25.5. The highest BCUT2D eigenvalue weighted by Gasteiger charge is 2.29. The lowest BCUT2D eigenvalue weighted by molar-refractivity contribution is 0.0735. The van der Waals surface area contributed by atoms with Gasteiger partial charge in [0.2, 0.25) is 0 Å². The number of hydrogen-bond donors (Lipinski definition) is 1. The standard InChI is InChI=1S/C22H20N2O2/c1-24-21(23-20-10-6-5-9-19(20)22(24)25)17-11-13-18(14-12-17)26-15-16-7-3-2-4-8-16/h2-14,21,23H,15H2,1H3. The second-order valence-corrected chi connectivity index (χ2v) is 6.35. The third kappa shape index (κ3) is 3.14. The van der Waals surface area contributed by atoms with E-state index < -0.39 is 0 Å². The maximum absolute atomic E-state index is 12.6. The summed E-state index contributed by atoms with van der Waals surface area (Å²) in [6.07, 6.45) is -0.194. The number of para-hydroxylation sites is 1. The molecule has 26 heavy (non-hydrogen) atoms. The van der Waals surface area contributed by atoms with Crippen LogP contribution in [0.2, 0.25) is 0 Å². The summed E-state index contributed by atoms with van der Waals surface area (Å²) >= 11 is 0. The third-order valence-electron chi connectivity index (χ3n) is 4.60. The first-order valence-electron chi connectivity index (χ1n) is 8.62. The largest absolute Gasteiger partial charge is 0.489 e. The number of rotatable bonds is 4. The van der Waals surface area contributed by atoms with Crippen LogP contribution in [0.5, 0.6) is 5.75 Å². The molecule has 4 nitrogen and oxygen atoms in total. The van der Waals surface area contributed by atoms with Gasteiger partial charge in [-0.25, -0.2) is 0 Å². The molecule has 1 aliphatic heterocycles. The van der Waals surface area contributed by atoms with Crippen molar-refractivity contribution in [2.24, 2.45) is 0 Å². The quantitative estimate of drug-likeness (QED) is 0.760. The van der Waals surface area contributed by atoms with E-state index in [9.17, 15) is 4.79 Å². The first-order chi connectivity index (χ1) is 12.7. The van der Waals surface area contributed by atoms with Crippen molar-refractivity contribution < 1.29 is 9.53 Å². The molecule has 0 bridgehead atoms. The topological polar surface area (TPSA) is 41.6 Å². The van der Waals surface area contributed by atoms with Crippen LogP contribution in [0, 0.1) is 0 Å². The molecule has 1 amide bonds. The Hall–Kier alpha value is -3.27. The van der Waals surface area contributed by atoms with Crippen molar-refractivity contribution in [3.8, 4) is 5.75 Å². The molecule has 0 saturated heterocycles. The molecule has 1 atom stereocenters. The van der Waals surface area contributed by atoms with E-state index in [4.69, 9.17) is 4.74 Å². The Bertz CT molecular complexity index is 907. The molecule has 3 aromatic carbocycles. The number of carbonyl (C=O) groups is 1. The van der Waals surface area contributed by atoms with E-state index in [0.717, 1.165) is 22.6 Å². The fourth-order valence-corrected chi connectivity index (χ4v) is 3.14. The monoisotopic (exact) mass is 344 g/mol. The molecule has 0 radical (unpaired) electrons. The molecule has 0 aliphatic carbocycles. The normalized spacial score (nSPS) is 16.0. The molecular formula is C22H20N2O2. The second kappa shape index (κ2) is 6.92. The zero-order valence-electron chi connectivity index (χ0n) is 14.6. The van der Waals surface area contributed by atoms with Gasteiger partial charge in [-0.1, -0.05) is 54.6 Å². The fourth-order valence-electron chi connectivity index (χ4n) is 3.14. The zero-order valence-corrected chi connectivity index (χ0v) is 14.6. The van der Waals surface area contributed by atoms with E-state index in [1.54, 1.807) is 4.90 Å². The molecule has 1 unspecified atom stereocenters. The molecule has 4 heteroatoms. The van der Waals surface area contributed by atoms with Crippen molar-refractivity contribution in [1.29, 1.82) is 0 Å². The van der Waals surface area contributed by atoms with Crippen LogP contribution in [0.1, 0.15) is 27.7 Å². The number of carbonyl (C=O) groups excluding carboxylic acids is 1. The number of benzene rings is 3. The number of ether oxygens (including phenoxy) is 1. The molecular weight excluding hydrogens is 324 g/mol. The van der Waals surface area contributed by atoms with Gasteiger partial charge in [0.15, 0.2) is 0 Å². The maximum atomic E-state index is 12.6. The summed E-state index contributed by atoms with van der Waals surface area (Å²) in [7, 11) is 1.82. The van der Waals surface area contributed by atoms with Gasteiger partial charge in [0.25, 0.3) is 5.91 Å². The predicted molar refractivity (Wildman–Crippen MR) is 102 cm³/mol. The third-order valence-corrected chi connectivity index (χ3v) is 4.60. The van der Waals surface area contributed by atoms with E-state index in [0.29, 0.717) is 12.2 Å². The summed E-state index contributed by atoms with van der Waals surface area (Å²) in [5, 5.41) is 3.44. The van der Waals surface area contributed by atoms with Crippen LogP contribution in [-0.2, 0) is 6.61 Å². The van der Waals surface area contributed by atoms with Gasteiger partial charge in [-0.05, 0) is 35.4 Å². The predicted octanol–water partition coefficient (Wildman–Crippen LogP) is 4.46. The van der Waals surface area contributed by atoms with Crippen LogP contribution in [0.4, 0.5) is 5.69 Å². The molecule has 3 aromatic rings. The van der Waals surface area contributed by atoms with E-state index in [2.05, 4.69) is 5.32 Å². The van der Waals surface area contributed by atoms with Gasteiger partial charge in [0.05, 0.1) is 5.56 Å². The van der Waals surface area contributed by atoms with E-state index in [1.807, 2.05) is 85.9 Å². The lowest BCUT2D eigenvalue weighted by Crippen LogP contribution is -2.40. The summed E-state index contributed by atoms with van der Waals surface area (Å²) in [4.78, 5) is 14.3. The highest BCUT2D eigenvalue weighted by molar-refractivity contribution is 6.01. The van der Waals surface area contributed by atoms with Gasteiger partial charge in [-0.2, -0.15) is 0 Å². The molecule has 130 valence electrons. The molecule has 1 aliphatic rings. The molecule has 0 spiro atoms. The first-order valence-corrected chi connectivity index (χ1v) is 8.62. The highest BCUT2D eigenvalue weighted by Crippen LogP contribution is 2.32. The fraction of sp³-hybridized carbons (Fsp3) is 0.136. The molecule has 4 rings (SSSR count). The number of fused-ring (bicyclic) bond motifs is 1. The lowest BCUT2D eigenvalue weighted by atomic mass is 10.0. The summed E-state index contributed by atoms with van der Waals surface area (Å²) < 4.78 is 5.84. The molecule has 1 heterocycles. The van der Waals surface area contributed by atoms with Crippen LogP contribution in [-0.4, -0.2) is 17.9 Å². The Morgan fingerprint density at radius 2 is 1.62 bits per heavy atom. The summed E-state index contributed by atoms with van der Waals surface area (Å²) in [6.45, 7) is 0.535. The summed E-state index contributed by atoms with van der Waals surface area (Å²) in [5.74, 6) is 0.830. The lowest BCUT2D eigenvalue weighted by Gasteiger charge is -2.35.